The van der Waals surface area contributed by atoms with Gasteiger partial charge < -0.3 is 14.8 Å². The van der Waals surface area contributed by atoms with Crippen LogP contribution in [0.5, 0.6) is 5.75 Å². The predicted molar refractivity (Wildman–Crippen MR) is 122 cm³/mol. The van der Waals surface area contributed by atoms with Crippen LogP contribution in [-0.4, -0.2) is 23.9 Å². The lowest BCUT2D eigenvalue weighted by Gasteiger charge is -2.32. The van der Waals surface area contributed by atoms with E-state index in [1.165, 1.54) is 40.0 Å². The lowest BCUT2D eigenvalue weighted by Crippen LogP contribution is -2.40. The second-order valence-electron chi connectivity index (χ2n) is 8.43. The predicted octanol–water partition coefficient (Wildman–Crippen LogP) is 5.28. The maximum atomic E-state index is 12.0. The zero-order valence-corrected chi connectivity index (χ0v) is 20.0. The van der Waals surface area contributed by atoms with E-state index >= 15 is 0 Å². The number of nitrogens with one attached hydrogen (secondary N) is 1. The zero-order chi connectivity index (χ0) is 23.4. The summed E-state index contributed by atoms with van der Waals surface area (Å²) in [5, 5.41) is 2.97. The minimum atomic E-state index is -0.544. The van der Waals surface area contributed by atoms with Gasteiger partial charge in [0.05, 0.1) is 6.04 Å². The van der Waals surface area contributed by atoms with Gasteiger partial charge in [-0.1, -0.05) is 65.0 Å². The SMILES string of the molecule is CCCCCCCCc1c(OC(C)=O)cccc1C(NC(C)=O)C(OC(C)=O)C(C)C. The van der Waals surface area contributed by atoms with E-state index in [2.05, 4.69) is 12.2 Å². The van der Waals surface area contributed by atoms with Crippen LogP contribution in [-0.2, 0) is 25.5 Å². The molecule has 2 atom stereocenters. The van der Waals surface area contributed by atoms with Gasteiger partial charge in [-0.25, -0.2) is 0 Å². The topological polar surface area (TPSA) is 81.7 Å². The summed E-state index contributed by atoms with van der Waals surface area (Å²) >= 11 is 0. The van der Waals surface area contributed by atoms with Crippen molar-refractivity contribution in [3.05, 3.63) is 29.3 Å². The summed E-state index contributed by atoms with van der Waals surface area (Å²) in [6, 6.07) is 4.96. The largest absolute Gasteiger partial charge is 0.460 e. The molecule has 0 aliphatic rings. The highest BCUT2D eigenvalue weighted by Crippen LogP contribution is 2.34. The van der Waals surface area contributed by atoms with E-state index in [1.807, 2.05) is 19.9 Å². The molecule has 0 spiro atoms. The summed E-state index contributed by atoms with van der Waals surface area (Å²) in [7, 11) is 0. The van der Waals surface area contributed by atoms with Crippen LogP contribution in [0, 0.1) is 5.92 Å². The molecule has 1 amide bonds. The number of benzene rings is 1. The fourth-order valence-electron chi connectivity index (χ4n) is 3.81. The van der Waals surface area contributed by atoms with Crippen LogP contribution in [0.1, 0.15) is 97.2 Å². The van der Waals surface area contributed by atoms with Gasteiger partial charge in [0.1, 0.15) is 11.9 Å². The Morgan fingerprint density at radius 1 is 0.935 bits per heavy atom. The molecule has 1 rings (SSSR count). The summed E-state index contributed by atoms with van der Waals surface area (Å²) in [5.41, 5.74) is 1.70. The molecule has 0 aliphatic heterocycles. The van der Waals surface area contributed by atoms with Crippen molar-refractivity contribution in [3.63, 3.8) is 0 Å². The van der Waals surface area contributed by atoms with Gasteiger partial charge in [-0.3, -0.25) is 14.4 Å². The van der Waals surface area contributed by atoms with Crippen molar-refractivity contribution in [2.24, 2.45) is 5.92 Å². The summed E-state index contributed by atoms with van der Waals surface area (Å²) in [5.74, 6) is -0.536. The Hall–Kier alpha value is -2.37. The first-order valence-corrected chi connectivity index (χ1v) is 11.4. The monoisotopic (exact) mass is 433 g/mol. The molecular weight excluding hydrogens is 394 g/mol. The van der Waals surface area contributed by atoms with Crippen LogP contribution in [0.4, 0.5) is 0 Å². The fourth-order valence-corrected chi connectivity index (χ4v) is 3.81. The first-order chi connectivity index (χ1) is 14.7. The van der Waals surface area contributed by atoms with Crippen molar-refractivity contribution >= 4 is 17.8 Å². The number of unbranched alkanes of at least 4 members (excludes halogenated alkanes) is 5. The van der Waals surface area contributed by atoms with E-state index in [-0.39, 0.29) is 11.8 Å². The molecular formula is C25H39NO5. The van der Waals surface area contributed by atoms with Gasteiger partial charge in [0.2, 0.25) is 5.91 Å². The molecule has 1 aromatic rings. The number of hydrogen-bond donors (Lipinski definition) is 1. The molecule has 6 nitrogen and oxygen atoms in total. The molecule has 0 aliphatic carbocycles. The molecule has 0 aromatic heterocycles. The number of carbonyl (C=O) groups is 3. The van der Waals surface area contributed by atoms with Crippen molar-refractivity contribution in [3.8, 4) is 5.75 Å². The van der Waals surface area contributed by atoms with Gasteiger partial charge in [-0.05, 0) is 30.4 Å². The maximum absolute atomic E-state index is 12.0. The lowest BCUT2D eigenvalue weighted by atomic mass is 9.88. The normalized spacial score (nSPS) is 12.9. The zero-order valence-electron chi connectivity index (χ0n) is 20.0. The molecule has 0 radical (unpaired) electrons. The third kappa shape index (κ3) is 9.53. The van der Waals surface area contributed by atoms with Crippen LogP contribution in [0.2, 0.25) is 0 Å². The number of esters is 2. The Kier molecular flexibility index (Phi) is 11.9. The molecule has 0 fully saturated rings. The first-order valence-electron chi connectivity index (χ1n) is 11.4. The van der Waals surface area contributed by atoms with Crippen molar-refractivity contribution in [1.82, 2.24) is 5.32 Å². The second-order valence-corrected chi connectivity index (χ2v) is 8.43. The highest BCUT2D eigenvalue weighted by atomic mass is 16.5. The van der Waals surface area contributed by atoms with E-state index in [1.54, 1.807) is 12.1 Å². The van der Waals surface area contributed by atoms with Gasteiger partial charge in [0.25, 0.3) is 0 Å². The average molecular weight is 434 g/mol. The molecule has 0 bridgehead atoms. The highest BCUT2D eigenvalue weighted by molar-refractivity contribution is 5.74. The smallest absolute Gasteiger partial charge is 0.308 e. The van der Waals surface area contributed by atoms with Crippen LogP contribution < -0.4 is 10.1 Å². The minimum Gasteiger partial charge on any atom is -0.460 e. The van der Waals surface area contributed by atoms with E-state index in [9.17, 15) is 14.4 Å². The van der Waals surface area contributed by atoms with Gasteiger partial charge in [0.15, 0.2) is 0 Å². The molecule has 0 heterocycles. The molecule has 1 aromatic carbocycles. The van der Waals surface area contributed by atoms with Crippen molar-refractivity contribution < 1.29 is 23.9 Å². The van der Waals surface area contributed by atoms with Gasteiger partial charge in [-0.15, -0.1) is 0 Å². The average Bonchev–Trinajstić information content (AvgIpc) is 2.67. The molecule has 174 valence electrons. The number of ether oxygens (including phenoxy) is 2. The third-order valence-electron chi connectivity index (χ3n) is 5.18. The summed E-state index contributed by atoms with van der Waals surface area (Å²) < 4.78 is 11.1. The quantitative estimate of drug-likeness (QED) is 0.260. The van der Waals surface area contributed by atoms with E-state index in [4.69, 9.17) is 9.47 Å². The summed E-state index contributed by atoms with van der Waals surface area (Å²) in [6.45, 7) is 10.3. The molecule has 31 heavy (non-hydrogen) atoms. The van der Waals surface area contributed by atoms with Crippen molar-refractivity contribution in [2.75, 3.05) is 0 Å². The van der Waals surface area contributed by atoms with Crippen LogP contribution in [0.15, 0.2) is 18.2 Å². The molecule has 0 saturated heterocycles. The molecule has 0 saturated carbocycles. The van der Waals surface area contributed by atoms with E-state index in [0.29, 0.717) is 12.2 Å². The van der Waals surface area contributed by atoms with E-state index < -0.39 is 24.1 Å². The van der Waals surface area contributed by atoms with Crippen molar-refractivity contribution in [1.29, 1.82) is 0 Å². The summed E-state index contributed by atoms with van der Waals surface area (Å²) in [6.07, 6.45) is 7.01. The van der Waals surface area contributed by atoms with Crippen LogP contribution in [0.3, 0.4) is 0 Å². The van der Waals surface area contributed by atoms with Gasteiger partial charge >= 0.3 is 11.9 Å². The summed E-state index contributed by atoms with van der Waals surface area (Å²) in [4.78, 5) is 35.5. The lowest BCUT2D eigenvalue weighted by molar-refractivity contribution is -0.151. The number of rotatable bonds is 13. The number of carbonyl (C=O) groups excluding carboxylic acids is 3. The fraction of sp³-hybridized carbons (Fsp3) is 0.640. The maximum Gasteiger partial charge on any atom is 0.308 e. The van der Waals surface area contributed by atoms with Crippen LogP contribution in [0.25, 0.3) is 0 Å². The standard InChI is InChI=1S/C25H39NO5/c1-7-8-9-10-11-12-14-21-22(15-13-16-23(21)30-19(5)28)24(26-18(4)27)25(17(2)3)31-20(6)29/h13,15-17,24-25H,7-12,14H2,1-6H3,(H,26,27). The Bertz CT molecular complexity index is 729. The first kappa shape index (κ1) is 26.7. The van der Waals surface area contributed by atoms with Crippen molar-refractivity contribution in [2.45, 2.75) is 98.6 Å². The Balaban J connectivity index is 3.32. The minimum absolute atomic E-state index is 0.0278. The van der Waals surface area contributed by atoms with Gasteiger partial charge in [-0.2, -0.15) is 0 Å². The van der Waals surface area contributed by atoms with Gasteiger partial charge in [0, 0.05) is 26.3 Å². The highest BCUT2D eigenvalue weighted by Gasteiger charge is 2.32. The molecule has 6 heteroatoms. The Labute approximate surface area is 187 Å². The Morgan fingerprint density at radius 2 is 1.58 bits per heavy atom. The molecule has 2 unspecified atom stereocenters. The molecule has 1 N–H and O–H groups in total. The van der Waals surface area contributed by atoms with E-state index in [0.717, 1.165) is 30.4 Å². The third-order valence-corrected chi connectivity index (χ3v) is 5.18. The number of amides is 1. The van der Waals surface area contributed by atoms with Crippen LogP contribution >= 0.6 is 0 Å². The second kappa shape index (κ2) is 13.8. The number of hydrogen-bond acceptors (Lipinski definition) is 5. The Morgan fingerprint density at radius 3 is 2.13 bits per heavy atom.